The molecule has 0 fully saturated rings. The third-order valence-corrected chi connectivity index (χ3v) is 4.11. The molecule has 130 valence electrons. The third kappa shape index (κ3) is 9.81. The lowest BCUT2D eigenvalue weighted by atomic mass is 10.1. The minimum atomic E-state index is -5.61. The Hall–Kier alpha value is -1.05. The number of nitrogens with one attached hydrogen (secondary N) is 1. The Morgan fingerprint density at radius 3 is 2.00 bits per heavy atom. The normalized spacial score (nSPS) is 12.7. The van der Waals surface area contributed by atoms with Crippen molar-refractivity contribution in [2.45, 2.75) is 70.2 Å². The fraction of sp³-hybridized carbons (Fsp3) is 0.786. The molecule has 0 aliphatic carbocycles. The zero-order valence-corrected chi connectivity index (χ0v) is 13.6. The molecule has 0 aliphatic rings. The molecular weight excluding hydrogens is 319 g/mol. The van der Waals surface area contributed by atoms with Gasteiger partial charge in [0, 0.05) is 0 Å². The molecule has 22 heavy (non-hydrogen) atoms. The van der Waals surface area contributed by atoms with E-state index in [0.29, 0.717) is 6.42 Å². The maximum absolute atomic E-state index is 12.0. The first-order valence-corrected chi connectivity index (χ1v) is 8.98. The standard InChI is InChI=1S/C14H24F3NO3S/c1-2-3-4-5-6-7-8-9-10-11-12-13(19)18-22(20,21)14(15,16)17/h11-12H,2-10H2,1H3,(H,18,19)/b12-11+. The molecule has 0 aromatic heterocycles. The van der Waals surface area contributed by atoms with Crippen LogP contribution in [0.25, 0.3) is 0 Å². The number of hydrogen-bond donors (Lipinski definition) is 1. The van der Waals surface area contributed by atoms with Crippen molar-refractivity contribution in [1.29, 1.82) is 0 Å². The minimum absolute atomic E-state index is 0.536. The maximum atomic E-state index is 12.0. The number of sulfonamides is 1. The van der Waals surface area contributed by atoms with Crippen molar-refractivity contribution < 1.29 is 26.4 Å². The smallest absolute Gasteiger partial charge is 0.269 e. The zero-order valence-electron chi connectivity index (χ0n) is 12.8. The zero-order chi connectivity index (χ0) is 17.1. The van der Waals surface area contributed by atoms with Gasteiger partial charge in [-0.05, 0) is 18.9 Å². The van der Waals surface area contributed by atoms with E-state index in [1.54, 1.807) is 0 Å². The number of alkyl halides is 3. The molecule has 0 spiro atoms. The second kappa shape index (κ2) is 10.6. The van der Waals surface area contributed by atoms with Gasteiger partial charge >= 0.3 is 15.5 Å². The minimum Gasteiger partial charge on any atom is -0.269 e. The molecule has 0 rings (SSSR count). The molecule has 0 bridgehead atoms. The molecule has 0 radical (unpaired) electrons. The molecule has 0 aromatic carbocycles. The van der Waals surface area contributed by atoms with Crippen LogP contribution in [0.4, 0.5) is 13.2 Å². The molecule has 1 N–H and O–H groups in total. The summed E-state index contributed by atoms with van der Waals surface area (Å²) >= 11 is 0. The Labute approximate surface area is 130 Å². The van der Waals surface area contributed by atoms with Crippen LogP contribution in [-0.2, 0) is 14.8 Å². The van der Waals surface area contributed by atoms with Gasteiger partial charge in [-0.3, -0.25) is 4.79 Å². The van der Waals surface area contributed by atoms with Crippen molar-refractivity contribution >= 4 is 15.9 Å². The molecule has 0 heterocycles. The first kappa shape index (κ1) is 20.9. The summed E-state index contributed by atoms with van der Waals surface area (Å²) in [6, 6.07) is 0. The van der Waals surface area contributed by atoms with E-state index in [2.05, 4.69) is 6.92 Å². The number of halogens is 3. The second-order valence-electron chi connectivity index (χ2n) is 5.08. The van der Waals surface area contributed by atoms with Crippen molar-refractivity contribution in [3.05, 3.63) is 12.2 Å². The van der Waals surface area contributed by atoms with Gasteiger partial charge in [0.05, 0.1) is 0 Å². The van der Waals surface area contributed by atoms with E-state index in [1.807, 2.05) is 0 Å². The average molecular weight is 343 g/mol. The molecule has 0 saturated carbocycles. The highest BCUT2D eigenvalue weighted by molar-refractivity contribution is 7.90. The Kier molecular flexibility index (Phi) is 10.1. The Morgan fingerprint density at radius 2 is 1.50 bits per heavy atom. The summed E-state index contributed by atoms with van der Waals surface area (Å²) in [4.78, 5) is 11.1. The summed E-state index contributed by atoms with van der Waals surface area (Å²) in [6.45, 7) is 2.16. The van der Waals surface area contributed by atoms with Crippen molar-refractivity contribution in [2.75, 3.05) is 0 Å². The van der Waals surface area contributed by atoms with E-state index in [9.17, 15) is 26.4 Å². The predicted octanol–water partition coefficient (Wildman–Crippen LogP) is 4.04. The van der Waals surface area contributed by atoms with Crippen LogP contribution in [0.5, 0.6) is 0 Å². The lowest BCUT2D eigenvalue weighted by Crippen LogP contribution is -2.39. The van der Waals surface area contributed by atoms with Gasteiger partial charge in [0.2, 0.25) is 0 Å². The lowest BCUT2D eigenvalue weighted by Gasteiger charge is -2.07. The number of amides is 1. The van der Waals surface area contributed by atoms with Crippen LogP contribution in [0.1, 0.15) is 64.7 Å². The highest BCUT2D eigenvalue weighted by Gasteiger charge is 2.46. The number of carbonyl (C=O) groups is 1. The van der Waals surface area contributed by atoms with E-state index in [1.165, 1.54) is 31.8 Å². The Bertz CT molecular complexity index is 445. The largest absolute Gasteiger partial charge is 0.516 e. The van der Waals surface area contributed by atoms with Crippen LogP contribution in [0.3, 0.4) is 0 Å². The summed E-state index contributed by atoms with van der Waals surface area (Å²) in [5, 5.41) is 0. The summed E-state index contributed by atoms with van der Waals surface area (Å²) < 4.78 is 58.3. The maximum Gasteiger partial charge on any atom is 0.516 e. The molecule has 0 atom stereocenters. The fourth-order valence-corrected chi connectivity index (χ4v) is 2.26. The van der Waals surface area contributed by atoms with Gasteiger partial charge < -0.3 is 0 Å². The van der Waals surface area contributed by atoms with Gasteiger partial charge in [-0.15, -0.1) is 0 Å². The molecule has 0 aliphatic heterocycles. The molecule has 0 unspecified atom stereocenters. The second-order valence-corrected chi connectivity index (χ2v) is 6.76. The van der Waals surface area contributed by atoms with Crippen LogP contribution in [0.2, 0.25) is 0 Å². The quantitative estimate of drug-likeness (QED) is 0.455. The van der Waals surface area contributed by atoms with Crippen LogP contribution >= 0.6 is 0 Å². The summed E-state index contributed by atoms with van der Waals surface area (Å²) in [7, 11) is -5.61. The van der Waals surface area contributed by atoms with Gasteiger partial charge in [0.1, 0.15) is 0 Å². The van der Waals surface area contributed by atoms with E-state index >= 15 is 0 Å². The fourth-order valence-electron chi connectivity index (χ4n) is 1.81. The topological polar surface area (TPSA) is 63.2 Å². The highest BCUT2D eigenvalue weighted by atomic mass is 32.2. The number of unbranched alkanes of at least 4 members (excludes halogenated alkanes) is 8. The average Bonchev–Trinajstić information content (AvgIpc) is 2.39. The highest BCUT2D eigenvalue weighted by Crippen LogP contribution is 2.21. The third-order valence-electron chi connectivity index (χ3n) is 3.03. The number of rotatable bonds is 11. The van der Waals surface area contributed by atoms with Crippen LogP contribution in [-0.4, -0.2) is 19.8 Å². The number of allylic oxidation sites excluding steroid dienone is 1. The molecule has 1 amide bonds. The lowest BCUT2D eigenvalue weighted by molar-refractivity contribution is -0.115. The first-order valence-electron chi connectivity index (χ1n) is 7.50. The SMILES string of the molecule is CCCCCCCCCC/C=C/C(=O)NS(=O)(=O)C(F)(F)F. The predicted molar refractivity (Wildman–Crippen MR) is 79.5 cm³/mol. The molecule has 4 nitrogen and oxygen atoms in total. The summed E-state index contributed by atoms with van der Waals surface area (Å²) in [5.74, 6) is -1.28. The molecule has 8 heteroatoms. The van der Waals surface area contributed by atoms with Crippen molar-refractivity contribution in [3.63, 3.8) is 0 Å². The van der Waals surface area contributed by atoms with E-state index in [-0.39, 0.29) is 0 Å². The van der Waals surface area contributed by atoms with Gasteiger partial charge in [-0.1, -0.05) is 57.9 Å². The van der Waals surface area contributed by atoms with Crippen LogP contribution in [0, 0.1) is 0 Å². The Morgan fingerprint density at radius 1 is 1.00 bits per heavy atom. The summed E-state index contributed by atoms with van der Waals surface area (Å²) in [6.07, 6.45) is 11.7. The monoisotopic (exact) mass is 343 g/mol. The Balaban J connectivity index is 3.76. The summed E-state index contributed by atoms with van der Waals surface area (Å²) in [5.41, 5.74) is -5.48. The van der Waals surface area contributed by atoms with Crippen LogP contribution in [0.15, 0.2) is 12.2 Å². The van der Waals surface area contributed by atoms with Crippen molar-refractivity contribution in [1.82, 2.24) is 4.72 Å². The van der Waals surface area contributed by atoms with E-state index in [0.717, 1.165) is 36.5 Å². The van der Waals surface area contributed by atoms with Crippen LogP contribution < -0.4 is 4.72 Å². The van der Waals surface area contributed by atoms with Gasteiger partial charge in [0.25, 0.3) is 5.91 Å². The van der Waals surface area contributed by atoms with Gasteiger partial charge in [0.15, 0.2) is 0 Å². The van der Waals surface area contributed by atoms with Gasteiger partial charge in [-0.2, -0.15) is 21.6 Å². The van der Waals surface area contributed by atoms with Gasteiger partial charge in [-0.25, -0.2) is 4.72 Å². The van der Waals surface area contributed by atoms with Crippen molar-refractivity contribution in [2.24, 2.45) is 0 Å². The van der Waals surface area contributed by atoms with Crippen molar-refractivity contribution in [3.8, 4) is 0 Å². The first-order chi connectivity index (χ1) is 10.2. The molecular formula is C14H24F3NO3S. The number of hydrogen-bond acceptors (Lipinski definition) is 3. The molecule has 0 aromatic rings. The van der Waals surface area contributed by atoms with E-state index < -0.39 is 21.4 Å². The number of carbonyl (C=O) groups excluding carboxylic acids is 1. The van der Waals surface area contributed by atoms with E-state index in [4.69, 9.17) is 0 Å². The molecule has 0 saturated heterocycles.